The SMILES string of the molecule is Cc1noc(C2CN(Cc3ccncc3F)CCN2C)n1. The minimum absolute atomic E-state index is 0.0462. The molecular weight excluding hydrogens is 273 g/mol. The van der Waals surface area contributed by atoms with Gasteiger partial charge in [0.2, 0.25) is 5.89 Å². The van der Waals surface area contributed by atoms with Crippen LogP contribution in [0.4, 0.5) is 4.39 Å². The molecule has 6 nitrogen and oxygen atoms in total. The van der Waals surface area contributed by atoms with E-state index in [0.717, 1.165) is 19.6 Å². The topological polar surface area (TPSA) is 58.3 Å². The Bertz CT molecular complexity index is 617. The van der Waals surface area contributed by atoms with Gasteiger partial charge in [-0.2, -0.15) is 4.98 Å². The van der Waals surface area contributed by atoms with Crippen molar-refractivity contribution in [3.63, 3.8) is 0 Å². The third-order valence-electron chi connectivity index (χ3n) is 3.81. The summed E-state index contributed by atoms with van der Waals surface area (Å²) in [6, 6.07) is 1.77. The van der Waals surface area contributed by atoms with E-state index in [9.17, 15) is 4.39 Å². The largest absolute Gasteiger partial charge is 0.338 e. The Morgan fingerprint density at radius 1 is 1.43 bits per heavy atom. The molecular formula is C14H18FN5O. The van der Waals surface area contributed by atoms with Gasteiger partial charge in [0.1, 0.15) is 11.9 Å². The Balaban J connectivity index is 1.72. The third kappa shape index (κ3) is 3.08. The summed E-state index contributed by atoms with van der Waals surface area (Å²) in [7, 11) is 2.04. The first kappa shape index (κ1) is 14.1. The number of hydrogen-bond donors (Lipinski definition) is 0. The van der Waals surface area contributed by atoms with Crippen LogP contribution in [-0.4, -0.2) is 51.6 Å². The minimum atomic E-state index is -0.262. The first-order valence-corrected chi connectivity index (χ1v) is 6.94. The third-order valence-corrected chi connectivity index (χ3v) is 3.81. The number of piperazine rings is 1. The number of hydrogen-bond acceptors (Lipinski definition) is 6. The minimum Gasteiger partial charge on any atom is -0.338 e. The number of rotatable bonds is 3. The van der Waals surface area contributed by atoms with E-state index >= 15 is 0 Å². The lowest BCUT2D eigenvalue weighted by molar-refractivity contribution is 0.0708. The van der Waals surface area contributed by atoms with Crippen LogP contribution < -0.4 is 0 Å². The van der Waals surface area contributed by atoms with Crippen molar-refractivity contribution in [2.75, 3.05) is 26.7 Å². The molecule has 0 saturated carbocycles. The predicted octanol–water partition coefficient (Wildman–Crippen LogP) is 1.40. The normalized spacial score (nSPS) is 20.8. The van der Waals surface area contributed by atoms with Crippen LogP contribution in [0.1, 0.15) is 23.3 Å². The van der Waals surface area contributed by atoms with Gasteiger partial charge in [-0.3, -0.25) is 14.8 Å². The van der Waals surface area contributed by atoms with Gasteiger partial charge in [-0.25, -0.2) is 4.39 Å². The summed E-state index contributed by atoms with van der Waals surface area (Å²) in [6.45, 7) is 4.85. The molecule has 3 rings (SSSR count). The average molecular weight is 291 g/mol. The van der Waals surface area contributed by atoms with Crippen LogP contribution in [0.15, 0.2) is 23.0 Å². The second-order valence-corrected chi connectivity index (χ2v) is 5.38. The highest BCUT2D eigenvalue weighted by atomic mass is 19.1. The van der Waals surface area contributed by atoms with Gasteiger partial charge in [0.25, 0.3) is 0 Å². The van der Waals surface area contributed by atoms with Crippen molar-refractivity contribution in [2.45, 2.75) is 19.5 Å². The lowest BCUT2D eigenvalue weighted by atomic mass is 10.1. The first-order chi connectivity index (χ1) is 10.1. The Morgan fingerprint density at radius 2 is 2.29 bits per heavy atom. The molecule has 0 aliphatic carbocycles. The standard InChI is InChI=1S/C14H18FN5O/c1-10-17-14(21-18-10)13-9-20(6-5-19(13)2)8-11-3-4-16-7-12(11)15/h3-4,7,13H,5-6,8-9H2,1-2H3. The fourth-order valence-corrected chi connectivity index (χ4v) is 2.56. The summed E-state index contributed by atoms with van der Waals surface area (Å²) in [6.07, 6.45) is 2.87. The monoisotopic (exact) mass is 291 g/mol. The zero-order chi connectivity index (χ0) is 14.8. The molecule has 0 bridgehead atoms. The molecule has 0 N–H and O–H groups in total. The van der Waals surface area contributed by atoms with Crippen LogP contribution in [0.5, 0.6) is 0 Å². The fourth-order valence-electron chi connectivity index (χ4n) is 2.56. The molecule has 2 aromatic rings. The van der Waals surface area contributed by atoms with Gasteiger partial charge in [-0.1, -0.05) is 5.16 Å². The van der Waals surface area contributed by atoms with Crippen molar-refractivity contribution in [2.24, 2.45) is 0 Å². The summed E-state index contributed by atoms with van der Waals surface area (Å²) in [4.78, 5) is 12.5. The Kier molecular flexibility index (Phi) is 3.94. The molecule has 1 unspecified atom stereocenters. The molecule has 21 heavy (non-hydrogen) atoms. The van der Waals surface area contributed by atoms with Crippen molar-refractivity contribution in [1.82, 2.24) is 24.9 Å². The van der Waals surface area contributed by atoms with Crippen LogP contribution in [0.3, 0.4) is 0 Å². The van der Waals surface area contributed by atoms with Gasteiger partial charge in [0.05, 0.1) is 6.20 Å². The Morgan fingerprint density at radius 3 is 3.00 bits per heavy atom. The van der Waals surface area contributed by atoms with Crippen LogP contribution in [0, 0.1) is 12.7 Å². The molecule has 1 fully saturated rings. The lowest BCUT2D eigenvalue weighted by Gasteiger charge is -2.37. The van der Waals surface area contributed by atoms with Crippen molar-refractivity contribution >= 4 is 0 Å². The van der Waals surface area contributed by atoms with Crippen molar-refractivity contribution in [3.05, 3.63) is 41.6 Å². The quantitative estimate of drug-likeness (QED) is 0.852. The van der Waals surface area contributed by atoms with Crippen LogP contribution in [-0.2, 0) is 6.54 Å². The molecule has 0 radical (unpaired) electrons. The van der Waals surface area contributed by atoms with Gasteiger partial charge >= 0.3 is 0 Å². The number of likely N-dealkylation sites (N-methyl/N-ethyl adjacent to an activating group) is 1. The van der Waals surface area contributed by atoms with E-state index in [1.165, 1.54) is 6.20 Å². The number of nitrogens with zero attached hydrogens (tertiary/aromatic N) is 5. The van der Waals surface area contributed by atoms with Crippen molar-refractivity contribution < 1.29 is 8.91 Å². The Labute approximate surface area is 122 Å². The number of pyridine rings is 1. The maximum atomic E-state index is 13.7. The molecule has 0 amide bonds. The van der Waals surface area contributed by atoms with Gasteiger partial charge in [-0.15, -0.1) is 0 Å². The van der Waals surface area contributed by atoms with E-state index in [-0.39, 0.29) is 11.9 Å². The molecule has 1 atom stereocenters. The van der Waals surface area contributed by atoms with E-state index < -0.39 is 0 Å². The maximum absolute atomic E-state index is 13.7. The molecule has 1 aliphatic rings. The van der Waals surface area contributed by atoms with Crippen molar-refractivity contribution in [3.8, 4) is 0 Å². The highest BCUT2D eigenvalue weighted by Gasteiger charge is 2.30. The van der Waals surface area contributed by atoms with E-state index in [4.69, 9.17) is 4.52 Å². The summed E-state index contributed by atoms with van der Waals surface area (Å²) in [5, 5.41) is 3.85. The summed E-state index contributed by atoms with van der Waals surface area (Å²) >= 11 is 0. The van der Waals surface area contributed by atoms with Gasteiger partial charge in [0.15, 0.2) is 5.82 Å². The summed E-state index contributed by atoms with van der Waals surface area (Å²) < 4.78 is 19.0. The smallest absolute Gasteiger partial charge is 0.245 e. The number of aryl methyl sites for hydroxylation is 1. The fraction of sp³-hybridized carbons (Fsp3) is 0.500. The van der Waals surface area contributed by atoms with Gasteiger partial charge < -0.3 is 4.52 Å². The van der Waals surface area contributed by atoms with E-state index in [0.29, 0.717) is 23.8 Å². The van der Waals surface area contributed by atoms with Gasteiger partial charge in [-0.05, 0) is 20.0 Å². The number of halogens is 1. The van der Waals surface area contributed by atoms with Crippen LogP contribution in [0.25, 0.3) is 0 Å². The highest BCUT2D eigenvalue weighted by Crippen LogP contribution is 2.24. The number of aromatic nitrogens is 3. The zero-order valence-corrected chi connectivity index (χ0v) is 12.2. The summed E-state index contributed by atoms with van der Waals surface area (Å²) in [5.41, 5.74) is 0.662. The lowest BCUT2D eigenvalue weighted by Crippen LogP contribution is -2.46. The molecule has 7 heteroatoms. The maximum Gasteiger partial charge on any atom is 0.245 e. The van der Waals surface area contributed by atoms with E-state index in [1.807, 2.05) is 7.05 Å². The molecule has 3 heterocycles. The molecule has 2 aromatic heterocycles. The molecule has 1 aliphatic heterocycles. The van der Waals surface area contributed by atoms with Crippen LogP contribution >= 0.6 is 0 Å². The predicted molar refractivity (Wildman–Crippen MR) is 73.9 cm³/mol. The Hall–Kier alpha value is -1.86. The van der Waals surface area contributed by atoms with Crippen molar-refractivity contribution in [1.29, 1.82) is 0 Å². The molecule has 1 saturated heterocycles. The van der Waals surface area contributed by atoms with E-state index in [2.05, 4.69) is 24.9 Å². The highest BCUT2D eigenvalue weighted by molar-refractivity contribution is 5.12. The average Bonchev–Trinajstić information content (AvgIpc) is 2.90. The molecule has 0 spiro atoms. The molecule has 0 aromatic carbocycles. The zero-order valence-electron chi connectivity index (χ0n) is 12.2. The van der Waals surface area contributed by atoms with E-state index in [1.54, 1.807) is 19.2 Å². The second-order valence-electron chi connectivity index (χ2n) is 5.38. The first-order valence-electron chi connectivity index (χ1n) is 6.94. The van der Waals surface area contributed by atoms with Gasteiger partial charge in [0, 0.05) is 37.9 Å². The molecule has 112 valence electrons. The van der Waals surface area contributed by atoms with Crippen LogP contribution in [0.2, 0.25) is 0 Å². The summed E-state index contributed by atoms with van der Waals surface area (Å²) in [5.74, 6) is 0.993. The second kappa shape index (κ2) is 5.87.